The van der Waals surface area contributed by atoms with Crippen molar-refractivity contribution in [3.8, 4) is 0 Å². The third kappa shape index (κ3) is 5.34. The molecule has 0 radical (unpaired) electrons. The van der Waals surface area contributed by atoms with E-state index in [2.05, 4.69) is 58.8 Å². The molecule has 0 bridgehead atoms. The first-order valence-electron chi connectivity index (χ1n) is 8.39. The van der Waals surface area contributed by atoms with Crippen molar-refractivity contribution in [3.63, 3.8) is 0 Å². The van der Waals surface area contributed by atoms with Gasteiger partial charge in [0.2, 0.25) is 0 Å². The van der Waals surface area contributed by atoms with E-state index >= 15 is 0 Å². The lowest BCUT2D eigenvalue weighted by Crippen LogP contribution is -2.42. The molecule has 2 N–H and O–H groups in total. The molecule has 1 aliphatic rings. The number of aliphatic imine (C=N–C) groups is 1. The first-order chi connectivity index (χ1) is 10.7. The Morgan fingerprint density at radius 2 is 1.86 bits per heavy atom. The number of benzene rings is 1. The van der Waals surface area contributed by atoms with E-state index in [1.54, 1.807) is 0 Å². The van der Waals surface area contributed by atoms with Crippen molar-refractivity contribution in [2.45, 2.75) is 45.2 Å². The summed E-state index contributed by atoms with van der Waals surface area (Å²) in [6, 6.07) is 9.38. The minimum absolute atomic E-state index is 0.782. The zero-order valence-electron chi connectivity index (χ0n) is 14.2. The molecule has 0 aliphatic heterocycles. The van der Waals surface area contributed by atoms with E-state index in [0.29, 0.717) is 0 Å². The molecule has 4 heteroatoms. The van der Waals surface area contributed by atoms with Crippen LogP contribution in [0, 0.1) is 6.92 Å². The Morgan fingerprint density at radius 3 is 2.50 bits per heavy atom. The van der Waals surface area contributed by atoms with Crippen molar-refractivity contribution in [2.24, 2.45) is 4.99 Å². The van der Waals surface area contributed by atoms with Crippen molar-refractivity contribution in [2.75, 3.05) is 27.2 Å². The van der Waals surface area contributed by atoms with Crippen LogP contribution in [0.2, 0.25) is 0 Å². The molecule has 1 aromatic rings. The number of aryl methyl sites for hydroxylation is 1. The van der Waals surface area contributed by atoms with Crippen LogP contribution in [-0.2, 0) is 6.54 Å². The summed E-state index contributed by atoms with van der Waals surface area (Å²) < 4.78 is 0. The van der Waals surface area contributed by atoms with Crippen LogP contribution >= 0.6 is 0 Å². The number of guanidine groups is 1. The van der Waals surface area contributed by atoms with Crippen molar-refractivity contribution in [1.82, 2.24) is 15.5 Å². The Bertz CT molecular complexity index is 460. The second kappa shape index (κ2) is 8.79. The summed E-state index contributed by atoms with van der Waals surface area (Å²) in [5.74, 6) is 0.875. The van der Waals surface area contributed by atoms with Crippen molar-refractivity contribution in [3.05, 3.63) is 35.4 Å². The van der Waals surface area contributed by atoms with Crippen LogP contribution in [0.25, 0.3) is 0 Å². The minimum Gasteiger partial charge on any atom is -0.355 e. The van der Waals surface area contributed by atoms with Crippen LogP contribution in [0.4, 0.5) is 0 Å². The van der Waals surface area contributed by atoms with E-state index in [9.17, 15) is 0 Å². The molecule has 4 nitrogen and oxygen atoms in total. The predicted octanol–water partition coefficient (Wildman–Crippen LogP) is 2.53. The fourth-order valence-electron chi connectivity index (χ4n) is 2.99. The molecule has 0 unspecified atom stereocenters. The van der Waals surface area contributed by atoms with Gasteiger partial charge in [0, 0.05) is 32.7 Å². The monoisotopic (exact) mass is 302 g/mol. The molecule has 1 saturated carbocycles. The number of likely N-dealkylation sites (N-methyl/N-ethyl adjacent to an activating group) is 1. The highest BCUT2D eigenvalue weighted by atomic mass is 15.2. The molecule has 0 saturated heterocycles. The maximum absolute atomic E-state index is 4.29. The highest BCUT2D eigenvalue weighted by molar-refractivity contribution is 5.79. The average molecular weight is 302 g/mol. The first kappa shape index (κ1) is 16.8. The van der Waals surface area contributed by atoms with E-state index in [0.717, 1.165) is 31.6 Å². The summed E-state index contributed by atoms with van der Waals surface area (Å²) in [7, 11) is 4.06. The summed E-state index contributed by atoms with van der Waals surface area (Å²) in [6.45, 7) is 4.91. The van der Waals surface area contributed by atoms with Crippen LogP contribution in [-0.4, -0.2) is 44.1 Å². The summed E-state index contributed by atoms with van der Waals surface area (Å²) in [5.41, 5.74) is 2.57. The topological polar surface area (TPSA) is 39.7 Å². The molecule has 1 aromatic carbocycles. The van der Waals surface area contributed by atoms with Gasteiger partial charge in [-0.25, -0.2) is 0 Å². The van der Waals surface area contributed by atoms with Crippen LogP contribution in [0.3, 0.4) is 0 Å². The lowest BCUT2D eigenvalue weighted by molar-refractivity contribution is 0.249. The third-order valence-electron chi connectivity index (χ3n) is 4.51. The molecular weight excluding hydrogens is 272 g/mol. The van der Waals surface area contributed by atoms with E-state index < -0.39 is 0 Å². The molecule has 0 aromatic heterocycles. The number of hydrogen-bond donors (Lipinski definition) is 2. The molecule has 1 aliphatic carbocycles. The van der Waals surface area contributed by atoms with Gasteiger partial charge in [0.1, 0.15) is 0 Å². The lowest BCUT2D eigenvalue weighted by atomic mass is 10.1. The number of hydrogen-bond acceptors (Lipinski definition) is 2. The minimum atomic E-state index is 0.782. The quantitative estimate of drug-likeness (QED) is 0.626. The van der Waals surface area contributed by atoms with E-state index in [4.69, 9.17) is 0 Å². The number of nitrogens with zero attached hydrogens (tertiary/aromatic N) is 2. The molecule has 0 heterocycles. The van der Waals surface area contributed by atoms with Gasteiger partial charge in [-0.15, -0.1) is 0 Å². The van der Waals surface area contributed by atoms with Gasteiger partial charge in [0.15, 0.2) is 5.96 Å². The lowest BCUT2D eigenvalue weighted by Gasteiger charge is -2.24. The predicted molar refractivity (Wildman–Crippen MR) is 94.3 cm³/mol. The van der Waals surface area contributed by atoms with Gasteiger partial charge in [-0.1, -0.05) is 42.7 Å². The maximum atomic E-state index is 4.29. The summed E-state index contributed by atoms with van der Waals surface area (Å²) in [4.78, 5) is 6.77. The standard InChI is InChI=1S/C18H30N4/c1-15-8-10-16(11-9-15)14-21-18(19-2)20-12-13-22(3)17-6-4-5-7-17/h8-11,17H,4-7,12-14H2,1-3H3,(H2,19,20,21). The maximum Gasteiger partial charge on any atom is 0.191 e. The van der Waals surface area contributed by atoms with Crippen molar-refractivity contribution < 1.29 is 0 Å². The zero-order valence-corrected chi connectivity index (χ0v) is 14.2. The summed E-state index contributed by atoms with van der Waals surface area (Å²) >= 11 is 0. The molecule has 22 heavy (non-hydrogen) atoms. The Morgan fingerprint density at radius 1 is 1.18 bits per heavy atom. The van der Waals surface area contributed by atoms with Gasteiger partial charge >= 0.3 is 0 Å². The largest absolute Gasteiger partial charge is 0.355 e. The number of rotatable bonds is 6. The second-order valence-electron chi connectivity index (χ2n) is 6.26. The Kier molecular flexibility index (Phi) is 6.72. The first-order valence-corrected chi connectivity index (χ1v) is 8.39. The van der Waals surface area contributed by atoms with Crippen LogP contribution in [0.5, 0.6) is 0 Å². The average Bonchev–Trinajstić information content (AvgIpc) is 3.06. The smallest absolute Gasteiger partial charge is 0.191 e. The highest BCUT2D eigenvalue weighted by Crippen LogP contribution is 2.21. The zero-order chi connectivity index (χ0) is 15.8. The van der Waals surface area contributed by atoms with E-state index in [-0.39, 0.29) is 0 Å². The van der Waals surface area contributed by atoms with Crippen LogP contribution in [0.1, 0.15) is 36.8 Å². The Hall–Kier alpha value is -1.55. The van der Waals surface area contributed by atoms with Crippen molar-refractivity contribution >= 4 is 5.96 Å². The van der Waals surface area contributed by atoms with Gasteiger partial charge in [-0.3, -0.25) is 4.99 Å². The molecular formula is C18H30N4. The second-order valence-corrected chi connectivity index (χ2v) is 6.26. The normalized spacial score (nSPS) is 16.3. The van der Waals surface area contributed by atoms with Crippen LogP contribution < -0.4 is 10.6 Å². The van der Waals surface area contributed by atoms with Crippen LogP contribution in [0.15, 0.2) is 29.3 Å². The Balaban J connectivity index is 1.67. The van der Waals surface area contributed by atoms with Gasteiger partial charge < -0.3 is 15.5 Å². The van der Waals surface area contributed by atoms with E-state index in [1.807, 2.05) is 7.05 Å². The third-order valence-corrected chi connectivity index (χ3v) is 4.51. The Labute approximate surface area is 135 Å². The molecule has 0 spiro atoms. The SMILES string of the molecule is CN=C(NCCN(C)C1CCCC1)NCc1ccc(C)cc1. The van der Waals surface area contributed by atoms with Gasteiger partial charge in [-0.2, -0.15) is 0 Å². The molecule has 122 valence electrons. The molecule has 0 atom stereocenters. The fraction of sp³-hybridized carbons (Fsp3) is 0.611. The fourth-order valence-corrected chi connectivity index (χ4v) is 2.99. The van der Waals surface area contributed by atoms with Gasteiger partial charge in [-0.05, 0) is 32.4 Å². The number of nitrogens with one attached hydrogen (secondary N) is 2. The summed E-state index contributed by atoms with van der Waals surface area (Å²) in [6.07, 6.45) is 5.50. The van der Waals surface area contributed by atoms with Gasteiger partial charge in [0.05, 0.1) is 0 Å². The van der Waals surface area contributed by atoms with Crippen molar-refractivity contribution in [1.29, 1.82) is 0 Å². The molecule has 1 fully saturated rings. The summed E-state index contributed by atoms with van der Waals surface area (Å²) in [5, 5.41) is 6.77. The molecule has 0 amide bonds. The van der Waals surface area contributed by atoms with Gasteiger partial charge in [0.25, 0.3) is 0 Å². The molecule has 2 rings (SSSR count). The van der Waals surface area contributed by atoms with E-state index in [1.165, 1.54) is 36.8 Å². The highest BCUT2D eigenvalue weighted by Gasteiger charge is 2.18.